The van der Waals surface area contributed by atoms with Crippen LogP contribution in [0.2, 0.25) is 0 Å². The molecular formula is C20H21F2N5O. The molecule has 1 saturated carbocycles. The summed E-state index contributed by atoms with van der Waals surface area (Å²) >= 11 is 0. The second-order valence-corrected chi connectivity index (χ2v) is 6.67. The van der Waals surface area contributed by atoms with Gasteiger partial charge < -0.3 is 15.8 Å². The van der Waals surface area contributed by atoms with Crippen molar-refractivity contribution in [3.05, 3.63) is 53.9 Å². The summed E-state index contributed by atoms with van der Waals surface area (Å²) in [6.45, 7) is 0. The van der Waals surface area contributed by atoms with E-state index in [2.05, 4.69) is 20.3 Å². The van der Waals surface area contributed by atoms with Crippen molar-refractivity contribution < 1.29 is 13.6 Å². The van der Waals surface area contributed by atoms with Crippen molar-refractivity contribution >= 4 is 29.8 Å². The number of anilines is 1. The zero-order valence-electron chi connectivity index (χ0n) is 15.2. The Kier molecular flexibility index (Phi) is 6.41. The lowest BCUT2D eigenvalue weighted by molar-refractivity contribution is -0.111. The fraction of sp³-hybridized carbons (Fsp3) is 0.300. The summed E-state index contributed by atoms with van der Waals surface area (Å²) in [7, 11) is 0. The molecule has 3 N–H and O–H groups in total. The molecule has 6 nitrogen and oxygen atoms in total. The van der Waals surface area contributed by atoms with Crippen LogP contribution in [0.5, 0.6) is 0 Å². The smallest absolute Gasteiger partial charge is 0.223 e. The van der Waals surface area contributed by atoms with Gasteiger partial charge in [-0.25, -0.2) is 18.7 Å². The van der Waals surface area contributed by atoms with Gasteiger partial charge in [-0.05, 0) is 49.6 Å². The van der Waals surface area contributed by atoms with Crippen LogP contribution in [0.25, 0.3) is 5.70 Å². The largest absolute Gasteiger partial charge is 0.397 e. The first-order valence-electron chi connectivity index (χ1n) is 9.05. The van der Waals surface area contributed by atoms with Gasteiger partial charge in [0.2, 0.25) is 5.95 Å². The molecule has 0 spiro atoms. The van der Waals surface area contributed by atoms with Crippen LogP contribution in [0, 0.1) is 17.6 Å². The molecular weight excluding hydrogens is 364 g/mol. The summed E-state index contributed by atoms with van der Waals surface area (Å²) in [5.74, 6) is -0.711. The van der Waals surface area contributed by atoms with Crippen molar-refractivity contribution in [2.75, 3.05) is 5.32 Å². The van der Waals surface area contributed by atoms with Crippen molar-refractivity contribution in [1.82, 2.24) is 9.97 Å². The van der Waals surface area contributed by atoms with Gasteiger partial charge in [-0.2, -0.15) is 0 Å². The number of aliphatic imine (C=N–C) groups is 1. The third kappa shape index (κ3) is 5.18. The highest BCUT2D eigenvalue weighted by atomic mass is 19.1. The number of aromatic nitrogens is 2. The van der Waals surface area contributed by atoms with E-state index in [1.165, 1.54) is 36.6 Å². The van der Waals surface area contributed by atoms with Gasteiger partial charge in [0.15, 0.2) is 5.82 Å². The number of nitrogens with one attached hydrogen (secondary N) is 1. The van der Waals surface area contributed by atoms with Gasteiger partial charge >= 0.3 is 0 Å². The van der Waals surface area contributed by atoms with Gasteiger partial charge in [-0.1, -0.05) is 6.42 Å². The van der Waals surface area contributed by atoms with E-state index in [0.29, 0.717) is 12.1 Å². The zero-order chi connectivity index (χ0) is 19.9. The summed E-state index contributed by atoms with van der Waals surface area (Å²) in [5, 5.41) is 3.16. The lowest BCUT2D eigenvalue weighted by atomic mass is 9.87. The van der Waals surface area contributed by atoms with E-state index in [1.54, 1.807) is 0 Å². The molecule has 1 aliphatic rings. The predicted octanol–water partition coefficient (Wildman–Crippen LogP) is 3.63. The average molecular weight is 385 g/mol. The number of hydrogen-bond donors (Lipinski definition) is 2. The molecule has 1 aromatic carbocycles. The van der Waals surface area contributed by atoms with Crippen molar-refractivity contribution in [3.8, 4) is 0 Å². The van der Waals surface area contributed by atoms with E-state index < -0.39 is 5.82 Å². The molecule has 28 heavy (non-hydrogen) atoms. The molecule has 2 aromatic rings. The van der Waals surface area contributed by atoms with Gasteiger partial charge in [-0.3, -0.25) is 4.99 Å². The first kappa shape index (κ1) is 19.6. The standard InChI is InChI=1S/C20H21F2N5O/c21-14-4-6-15(7-5-14)24-9-8-18(23)19-17(22)11-25-20(27-19)26-16-3-1-2-13(10-16)12-28/h4-9,11-13,16H,1-3,10,23H2,(H,25,26,27)/b18-8-,24-9?. The van der Waals surface area contributed by atoms with Crippen LogP contribution in [0.4, 0.5) is 20.4 Å². The second-order valence-electron chi connectivity index (χ2n) is 6.67. The fourth-order valence-corrected chi connectivity index (χ4v) is 3.11. The van der Waals surface area contributed by atoms with Crippen LogP contribution in [-0.4, -0.2) is 28.5 Å². The summed E-state index contributed by atoms with van der Waals surface area (Å²) in [6.07, 6.45) is 8.28. The molecule has 2 atom stereocenters. The number of carbonyl (C=O) groups excluding carboxylic acids is 1. The zero-order valence-corrected chi connectivity index (χ0v) is 15.2. The first-order chi connectivity index (χ1) is 13.5. The Morgan fingerprint density at radius 3 is 2.79 bits per heavy atom. The molecule has 0 bridgehead atoms. The van der Waals surface area contributed by atoms with Crippen molar-refractivity contribution in [2.24, 2.45) is 16.6 Å². The topological polar surface area (TPSA) is 93.3 Å². The van der Waals surface area contributed by atoms with Gasteiger partial charge in [0, 0.05) is 18.2 Å². The van der Waals surface area contributed by atoms with Crippen LogP contribution in [-0.2, 0) is 4.79 Å². The monoisotopic (exact) mass is 385 g/mol. The van der Waals surface area contributed by atoms with E-state index in [9.17, 15) is 13.6 Å². The average Bonchev–Trinajstić information content (AvgIpc) is 2.71. The number of allylic oxidation sites excluding steroid dienone is 1. The Labute approximate surface area is 161 Å². The highest BCUT2D eigenvalue weighted by molar-refractivity contribution is 5.84. The third-order valence-electron chi connectivity index (χ3n) is 4.56. The molecule has 8 heteroatoms. The van der Waals surface area contributed by atoms with Crippen LogP contribution in [0.3, 0.4) is 0 Å². The number of benzene rings is 1. The maximum absolute atomic E-state index is 14.1. The molecule has 0 aliphatic heterocycles. The number of nitrogens with zero attached hydrogens (tertiary/aromatic N) is 3. The highest BCUT2D eigenvalue weighted by Crippen LogP contribution is 2.25. The van der Waals surface area contributed by atoms with E-state index >= 15 is 0 Å². The molecule has 0 amide bonds. The predicted molar refractivity (Wildman–Crippen MR) is 104 cm³/mol. The molecule has 146 valence electrons. The van der Waals surface area contributed by atoms with Crippen LogP contribution < -0.4 is 11.1 Å². The quantitative estimate of drug-likeness (QED) is 0.585. The van der Waals surface area contributed by atoms with Gasteiger partial charge in [0.05, 0.1) is 17.6 Å². The summed E-state index contributed by atoms with van der Waals surface area (Å²) in [4.78, 5) is 23.2. The second kappa shape index (κ2) is 9.16. The maximum Gasteiger partial charge on any atom is 0.223 e. The Hall–Kier alpha value is -3.16. The summed E-state index contributed by atoms with van der Waals surface area (Å²) < 4.78 is 27.0. The molecule has 1 aliphatic carbocycles. The van der Waals surface area contributed by atoms with Crippen molar-refractivity contribution in [3.63, 3.8) is 0 Å². The van der Waals surface area contributed by atoms with Gasteiger partial charge in [-0.15, -0.1) is 0 Å². The lowest BCUT2D eigenvalue weighted by Gasteiger charge is -2.26. The molecule has 1 aromatic heterocycles. The van der Waals surface area contributed by atoms with E-state index in [0.717, 1.165) is 31.7 Å². The number of nitrogens with two attached hydrogens (primary N) is 1. The van der Waals surface area contributed by atoms with Crippen LogP contribution in [0.1, 0.15) is 31.4 Å². The minimum atomic E-state index is -0.649. The summed E-state index contributed by atoms with van der Waals surface area (Å²) in [6, 6.07) is 5.68. The fourth-order valence-electron chi connectivity index (χ4n) is 3.11. The number of halogens is 2. The normalized spacial score (nSPS) is 20.3. The number of rotatable bonds is 6. The molecule has 0 radical (unpaired) electrons. The Morgan fingerprint density at radius 2 is 2.04 bits per heavy atom. The highest BCUT2D eigenvalue weighted by Gasteiger charge is 2.22. The van der Waals surface area contributed by atoms with Crippen LogP contribution >= 0.6 is 0 Å². The minimum absolute atomic E-state index is 0.0267. The molecule has 3 rings (SSSR count). The SMILES string of the molecule is N/C(=C\C=Nc1ccc(F)cc1)c1nc(NC2CCCC(C=O)C2)ncc1F. The molecule has 0 saturated heterocycles. The number of hydrogen-bond acceptors (Lipinski definition) is 6. The number of carbonyl (C=O) groups is 1. The molecule has 1 heterocycles. The first-order valence-corrected chi connectivity index (χ1v) is 9.05. The van der Waals surface area contributed by atoms with Gasteiger partial charge in [0.1, 0.15) is 17.8 Å². The van der Waals surface area contributed by atoms with Crippen LogP contribution in [0.15, 0.2) is 41.5 Å². The van der Waals surface area contributed by atoms with E-state index in [1.807, 2.05) is 0 Å². The van der Waals surface area contributed by atoms with E-state index in [4.69, 9.17) is 5.73 Å². The van der Waals surface area contributed by atoms with Crippen molar-refractivity contribution in [1.29, 1.82) is 0 Å². The Bertz CT molecular complexity index is 883. The molecule has 2 unspecified atom stereocenters. The van der Waals surface area contributed by atoms with E-state index in [-0.39, 0.29) is 35.1 Å². The maximum atomic E-state index is 14.1. The Balaban J connectivity index is 1.71. The Morgan fingerprint density at radius 1 is 1.25 bits per heavy atom. The summed E-state index contributed by atoms with van der Waals surface area (Å²) in [5.41, 5.74) is 6.53. The number of aldehydes is 1. The third-order valence-corrected chi connectivity index (χ3v) is 4.56. The molecule has 1 fully saturated rings. The van der Waals surface area contributed by atoms with Crippen molar-refractivity contribution in [2.45, 2.75) is 31.7 Å². The van der Waals surface area contributed by atoms with Gasteiger partial charge in [0.25, 0.3) is 0 Å². The minimum Gasteiger partial charge on any atom is -0.397 e. The lowest BCUT2D eigenvalue weighted by Crippen LogP contribution is -2.29.